The fourth-order valence-corrected chi connectivity index (χ4v) is 2.58. The Balaban J connectivity index is 1.38. The lowest BCUT2D eigenvalue weighted by Crippen LogP contribution is -2.23. The zero-order valence-corrected chi connectivity index (χ0v) is 13.3. The van der Waals surface area contributed by atoms with Crippen LogP contribution < -0.4 is 5.32 Å². The molecule has 0 unspecified atom stereocenters. The minimum atomic E-state index is 0.00472. The fourth-order valence-electron chi connectivity index (χ4n) is 2.58. The third kappa shape index (κ3) is 4.50. The molecule has 0 spiro atoms. The average Bonchev–Trinajstić information content (AvgIpc) is 3.11. The molecule has 3 nitrogen and oxygen atoms in total. The van der Waals surface area contributed by atoms with Gasteiger partial charge < -0.3 is 9.73 Å². The monoisotopic (exact) mass is 307 g/mol. The first kappa shape index (κ1) is 15.4. The Morgan fingerprint density at radius 1 is 1.26 bits per heavy atom. The molecular formula is C20H21NO2. The number of aryl methyl sites for hydroxylation is 1. The Morgan fingerprint density at radius 2 is 2.04 bits per heavy atom. The fraction of sp³-hybridized carbons (Fsp3) is 0.350. The molecule has 0 radical (unpaired) electrons. The van der Waals surface area contributed by atoms with Gasteiger partial charge in [-0.1, -0.05) is 37.0 Å². The van der Waals surface area contributed by atoms with Crippen molar-refractivity contribution in [1.29, 1.82) is 0 Å². The second-order valence-corrected chi connectivity index (χ2v) is 6.07. The van der Waals surface area contributed by atoms with Crippen LogP contribution in [0.5, 0.6) is 0 Å². The van der Waals surface area contributed by atoms with Gasteiger partial charge in [0.25, 0.3) is 0 Å². The minimum Gasteiger partial charge on any atom is -0.466 e. The quantitative estimate of drug-likeness (QED) is 0.859. The summed E-state index contributed by atoms with van der Waals surface area (Å²) >= 11 is 0. The second kappa shape index (κ2) is 7.19. The Bertz CT molecular complexity index is 721. The molecule has 2 aromatic rings. The van der Waals surface area contributed by atoms with Gasteiger partial charge in [0.15, 0.2) is 0 Å². The van der Waals surface area contributed by atoms with Gasteiger partial charge >= 0.3 is 0 Å². The molecule has 1 aromatic heterocycles. The average molecular weight is 307 g/mol. The summed E-state index contributed by atoms with van der Waals surface area (Å²) in [5.74, 6) is 9.27. The molecule has 23 heavy (non-hydrogen) atoms. The number of carbonyl (C=O) groups excluding carboxylic acids is 1. The Kier molecular flexibility index (Phi) is 4.83. The van der Waals surface area contributed by atoms with Crippen LogP contribution in [0.1, 0.15) is 42.8 Å². The summed E-state index contributed by atoms with van der Waals surface area (Å²) in [6, 6.07) is 13.8. The van der Waals surface area contributed by atoms with Crippen molar-refractivity contribution in [2.75, 3.05) is 6.54 Å². The smallest absolute Gasteiger partial charge is 0.221 e. The topological polar surface area (TPSA) is 42.2 Å². The Labute approximate surface area is 137 Å². The maximum Gasteiger partial charge on any atom is 0.221 e. The van der Waals surface area contributed by atoms with E-state index in [1.54, 1.807) is 0 Å². The lowest BCUT2D eigenvalue weighted by atomic mass is 10.2. The van der Waals surface area contributed by atoms with Gasteiger partial charge in [0, 0.05) is 24.3 Å². The van der Waals surface area contributed by atoms with Gasteiger partial charge in [-0.15, -0.1) is 0 Å². The van der Waals surface area contributed by atoms with Gasteiger partial charge in [-0.2, -0.15) is 0 Å². The van der Waals surface area contributed by atoms with Crippen LogP contribution in [0, 0.1) is 17.8 Å². The number of furan rings is 1. The Hall–Kier alpha value is -2.47. The molecule has 1 aliphatic carbocycles. The van der Waals surface area contributed by atoms with Crippen molar-refractivity contribution in [3.8, 4) is 11.8 Å². The SMILES string of the molecule is C[C@@H]1C[C@H]1c1ccc(CCC(=O)NCC#Cc2ccccc2)o1. The molecule has 0 aliphatic heterocycles. The van der Waals surface area contributed by atoms with E-state index >= 15 is 0 Å². The molecule has 3 heteroatoms. The summed E-state index contributed by atoms with van der Waals surface area (Å²) in [4.78, 5) is 11.8. The molecule has 1 N–H and O–H groups in total. The van der Waals surface area contributed by atoms with Crippen LogP contribution in [0.15, 0.2) is 46.9 Å². The Morgan fingerprint density at radius 3 is 2.78 bits per heavy atom. The van der Waals surface area contributed by atoms with E-state index in [1.165, 1.54) is 6.42 Å². The predicted octanol–water partition coefficient (Wildman–Crippen LogP) is 3.50. The van der Waals surface area contributed by atoms with E-state index in [4.69, 9.17) is 4.42 Å². The molecule has 118 valence electrons. The van der Waals surface area contributed by atoms with Crippen LogP contribution in [-0.2, 0) is 11.2 Å². The van der Waals surface area contributed by atoms with Gasteiger partial charge in [-0.3, -0.25) is 4.79 Å². The summed E-state index contributed by atoms with van der Waals surface area (Å²) < 4.78 is 5.80. The molecule has 3 rings (SSSR count). The molecule has 1 heterocycles. The molecule has 1 aliphatic rings. The van der Waals surface area contributed by atoms with Crippen molar-refractivity contribution in [2.24, 2.45) is 5.92 Å². The van der Waals surface area contributed by atoms with Crippen LogP contribution in [0.25, 0.3) is 0 Å². The third-order valence-corrected chi connectivity index (χ3v) is 4.14. The minimum absolute atomic E-state index is 0.00472. The second-order valence-electron chi connectivity index (χ2n) is 6.07. The molecule has 1 saturated carbocycles. The summed E-state index contributed by atoms with van der Waals surface area (Å²) in [5.41, 5.74) is 0.958. The van der Waals surface area contributed by atoms with E-state index < -0.39 is 0 Å². The highest BCUT2D eigenvalue weighted by Gasteiger charge is 2.36. The number of benzene rings is 1. The zero-order chi connectivity index (χ0) is 16.1. The molecule has 1 fully saturated rings. The summed E-state index contributed by atoms with van der Waals surface area (Å²) in [6.45, 7) is 2.60. The van der Waals surface area contributed by atoms with E-state index in [1.807, 2.05) is 42.5 Å². The van der Waals surface area contributed by atoms with Crippen molar-refractivity contribution < 1.29 is 9.21 Å². The van der Waals surface area contributed by atoms with Crippen molar-refractivity contribution in [3.05, 3.63) is 59.5 Å². The lowest BCUT2D eigenvalue weighted by molar-refractivity contribution is -0.120. The highest BCUT2D eigenvalue weighted by molar-refractivity contribution is 5.76. The van der Waals surface area contributed by atoms with E-state index in [0.717, 1.165) is 23.0 Å². The standard InChI is InChI=1S/C20H21NO2/c1-15-14-18(15)19-11-9-17(23-19)10-12-20(22)21-13-5-8-16-6-3-2-4-7-16/h2-4,6-7,9,11,15,18H,10,12-14H2,1H3,(H,21,22)/t15-,18-/m1/s1. The van der Waals surface area contributed by atoms with Gasteiger partial charge in [0.2, 0.25) is 5.91 Å². The van der Waals surface area contributed by atoms with E-state index in [2.05, 4.69) is 24.1 Å². The number of amides is 1. The van der Waals surface area contributed by atoms with Crippen LogP contribution in [0.3, 0.4) is 0 Å². The molecule has 0 saturated heterocycles. The normalized spacial score (nSPS) is 18.8. The van der Waals surface area contributed by atoms with E-state index in [-0.39, 0.29) is 5.91 Å². The first-order valence-corrected chi connectivity index (χ1v) is 8.11. The zero-order valence-electron chi connectivity index (χ0n) is 13.3. The molecular weight excluding hydrogens is 286 g/mol. The summed E-state index contributed by atoms with van der Waals surface area (Å²) in [7, 11) is 0. The summed E-state index contributed by atoms with van der Waals surface area (Å²) in [5, 5.41) is 2.82. The van der Waals surface area contributed by atoms with Gasteiger partial charge in [0.1, 0.15) is 11.5 Å². The van der Waals surface area contributed by atoms with E-state index in [9.17, 15) is 4.79 Å². The van der Waals surface area contributed by atoms with Gasteiger partial charge in [0.05, 0.1) is 6.54 Å². The molecule has 0 bridgehead atoms. The maximum atomic E-state index is 11.8. The van der Waals surface area contributed by atoms with Crippen LogP contribution in [0.4, 0.5) is 0 Å². The predicted molar refractivity (Wildman–Crippen MR) is 89.9 cm³/mol. The largest absolute Gasteiger partial charge is 0.466 e. The number of hydrogen-bond acceptors (Lipinski definition) is 2. The third-order valence-electron chi connectivity index (χ3n) is 4.14. The van der Waals surface area contributed by atoms with Crippen LogP contribution in [-0.4, -0.2) is 12.5 Å². The first-order chi connectivity index (χ1) is 11.2. The number of carbonyl (C=O) groups is 1. The number of nitrogens with one attached hydrogen (secondary N) is 1. The van der Waals surface area contributed by atoms with Crippen molar-refractivity contribution in [3.63, 3.8) is 0 Å². The van der Waals surface area contributed by atoms with Gasteiger partial charge in [-0.05, 0) is 36.6 Å². The van der Waals surface area contributed by atoms with Crippen LogP contribution >= 0.6 is 0 Å². The number of rotatable bonds is 5. The van der Waals surface area contributed by atoms with Crippen molar-refractivity contribution in [2.45, 2.75) is 32.1 Å². The van der Waals surface area contributed by atoms with Crippen LogP contribution in [0.2, 0.25) is 0 Å². The van der Waals surface area contributed by atoms with Crippen molar-refractivity contribution in [1.82, 2.24) is 5.32 Å². The van der Waals surface area contributed by atoms with E-state index in [0.29, 0.717) is 25.3 Å². The lowest BCUT2D eigenvalue weighted by Gasteiger charge is -2.00. The number of hydrogen-bond donors (Lipinski definition) is 1. The molecule has 2 atom stereocenters. The maximum absolute atomic E-state index is 11.8. The first-order valence-electron chi connectivity index (χ1n) is 8.11. The molecule has 1 amide bonds. The van der Waals surface area contributed by atoms with Crippen molar-refractivity contribution >= 4 is 5.91 Å². The molecule has 1 aromatic carbocycles. The van der Waals surface area contributed by atoms with Gasteiger partial charge in [-0.25, -0.2) is 0 Å². The highest BCUT2D eigenvalue weighted by atomic mass is 16.3. The highest BCUT2D eigenvalue weighted by Crippen LogP contribution is 2.47. The summed E-state index contributed by atoms with van der Waals surface area (Å²) in [6.07, 6.45) is 2.28.